The summed E-state index contributed by atoms with van der Waals surface area (Å²) in [4.78, 5) is 20.7. The van der Waals surface area contributed by atoms with Crippen molar-refractivity contribution < 1.29 is 4.79 Å². The normalized spacial score (nSPS) is 12.6. The molecule has 0 aromatic carbocycles. The fourth-order valence-electron chi connectivity index (χ4n) is 2.08. The predicted octanol–water partition coefficient (Wildman–Crippen LogP) is 1.90. The van der Waals surface area contributed by atoms with Crippen LogP contribution in [0.15, 0.2) is 17.6 Å². The van der Waals surface area contributed by atoms with Crippen LogP contribution in [0.25, 0.3) is 0 Å². The van der Waals surface area contributed by atoms with Crippen LogP contribution in [-0.2, 0) is 4.79 Å². The number of hydrogen-bond donors (Lipinski definition) is 2. The Labute approximate surface area is 134 Å². The Kier molecular flexibility index (Phi) is 5.59. The Morgan fingerprint density at radius 3 is 2.86 bits per heavy atom. The zero-order valence-electron chi connectivity index (χ0n) is 13.3. The minimum absolute atomic E-state index is 0.00772. The van der Waals surface area contributed by atoms with Crippen LogP contribution in [0.4, 0.5) is 0 Å². The maximum absolute atomic E-state index is 12.2. The molecule has 22 heavy (non-hydrogen) atoms. The van der Waals surface area contributed by atoms with Gasteiger partial charge in [0.05, 0.1) is 0 Å². The molecule has 0 aliphatic heterocycles. The molecule has 2 rings (SSSR count). The molecule has 0 saturated heterocycles. The van der Waals surface area contributed by atoms with E-state index in [2.05, 4.69) is 39.3 Å². The van der Waals surface area contributed by atoms with E-state index in [1.165, 1.54) is 11.8 Å². The molecule has 0 bridgehead atoms. The number of carbonyl (C=O) groups excluding carboxylic acids is 1. The van der Waals surface area contributed by atoms with Crippen LogP contribution >= 0.6 is 11.8 Å². The summed E-state index contributed by atoms with van der Waals surface area (Å²) in [6.07, 6.45) is 3.59. The Morgan fingerprint density at radius 1 is 1.45 bits per heavy atom. The van der Waals surface area contributed by atoms with Crippen LogP contribution in [0.2, 0.25) is 0 Å². The van der Waals surface area contributed by atoms with Crippen molar-refractivity contribution in [2.75, 3.05) is 12.3 Å². The molecule has 0 spiro atoms. The maximum atomic E-state index is 12.2. The van der Waals surface area contributed by atoms with Crippen LogP contribution in [-0.4, -0.2) is 42.9 Å². The monoisotopic (exact) mass is 322 g/mol. The highest BCUT2D eigenvalue weighted by Gasteiger charge is 2.18. The number of aromatic nitrogens is 5. The summed E-state index contributed by atoms with van der Waals surface area (Å²) >= 11 is 1.51. The first-order chi connectivity index (χ1) is 10.5. The molecule has 0 radical (unpaired) electrons. The highest BCUT2D eigenvalue weighted by atomic mass is 32.2. The highest BCUT2D eigenvalue weighted by molar-refractivity contribution is 7.99. The minimum Gasteiger partial charge on any atom is -0.353 e. The van der Waals surface area contributed by atoms with Gasteiger partial charge in [0.15, 0.2) is 0 Å². The van der Waals surface area contributed by atoms with Crippen molar-refractivity contribution in [1.82, 2.24) is 30.0 Å². The standard InChI is InChI=1S/C14H22N6OS/c1-9(2)12-15-5-7-20(12)10(3)13(21)16-6-8-22-14-17-11(4)18-19-14/h5,7,9-10H,6,8H2,1-4H3,(H,16,21)(H,17,18,19). The van der Waals surface area contributed by atoms with E-state index >= 15 is 0 Å². The summed E-state index contributed by atoms with van der Waals surface area (Å²) in [5.41, 5.74) is 0. The molecule has 2 heterocycles. The van der Waals surface area contributed by atoms with E-state index in [4.69, 9.17) is 0 Å². The van der Waals surface area contributed by atoms with Gasteiger partial charge in [0.25, 0.3) is 0 Å². The molecule has 7 nitrogen and oxygen atoms in total. The smallest absolute Gasteiger partial charge is 0.242 e. The number of thioether (sulfide) groups is 1. The second-order valence-corrected chi connectivity index (χ2v) is 6.43. The summed E-state index contributed by atoms with van der Waals surface area (Å²) < 4.78 is 1.92. The zero-order valence-corrected chi connectivity index (χ0v) is 14.1. The molecule has 0 fully saturated rings. The number of nitrogens with one attached hydrogen (secondary N) is 2. The lowest BCUT2D eigenvalue weighted by molar-refractivity contribution is -0.123. The van der Waals surface area contributed by atoms with Crippen LogP contribution in [0.1, 0.15) is 44.4 Å². The summed E-state index contributed by atoms with van der Waals surface area (Å²) in [5, 5.41) is 10.5. The van der Waals surface area contributed by atoms with Gasteiger partial charge >= 0.3 is 0 Å². The van der Waals surface area contributed by atoms with E-state index in [1.807, 2.05) is 24.6 Å². The lowest BCUT2D eigenvalue weighted by Gasteiger charge is -2.17. The first kappa shape index (κ1) is 16.5. The molecule has 120 valence electrons. The lowest BCUT2D eigenvalue weighted by atomic mass is 10.2. The quantitative estimate of drug-likeness (QED) is 0.600. The molecule has 1 atom stereocenters. The summed E-state index contributed by atoms with van der Waals surface area (Å²) in [7, 11) is 0. The summed E-state index contributed by atoms with van der Waals surface area (Å²) in [5.74, 6) is 2.73. The molecular formula is C14H22N6OS. The van der Waals surface area contributed by atoms with Crippen LogP contribution in [0.3, 0.4) is 0 Å². The van der Waals surface area contributed by atoms with Gasteiger partial charge in [0, 0.05) is 30.6 Å². The molecule has 1 unspecified atom stereocenters. The highest BCUT2D eigenvalue weighted by Crippen LogP contribution is 2.17. The van der Waals surface area contributed by atoms with Crippen molar-refractivity contribution >= 4 is 17.7 Å². The molecule has 0 aliphatic rings. The number of aromatic amines is 1. The number of aryl methyl sites for hydroxylation is 1. The number of carbonyl (C=O) groups is 1. The van der Waals surface area contributed by atoms with E-state index in [-0.39, 0.29) is 17.9 Å². The van der Waals surface area contributed by atoms with Gasteiger partial charge in [-0.1, -0.05) is 25.6 Å². The molecule has 2 aromatic heterocycles. The third-order valence-electron chi connectivity index (χ3n) is 3.22. The third kappa shape index (κ3) is 4.09. The molecular weight excluding hydrogens is 300 g/mol. The molecule has 0 aliphatic carbocycles. The predicted molar refractivity (Wildman–Crippen MR) is 85.9 cm³/mol. The van der Waals surface area contributed by atoms with Crippen LogP contribution < -0.4 is 5.32 Å². The van der Waals surface area contributed by atoms with Crippen molar-refractivity contribution in [3.8, 4) is 0 Å². The molecule has 2 aromatic rings. The van der Waals surface area contributed by atoms with E-state index in [1.54, 1.807) is 6.20 Å². The zero-order chi connectivity index (χ0) is 16.1. The van der Waals surface area contributed by atoms with Crippen LogP contribution in [0.5, 0.6) is 0 Å². The Bertz CT molecular complexity index is 620. The minimum atomic E-state index is -0.268. The van der Waals surface area contributed by atoms with Crippen molar-refractivity contribution in [2.45, 2.75) is 44.8 Å². The van der Waals surface area contributed by atoms with Crippen LogP contribution in [0, 0.1) is 6.92 Å². The first-order valence-corrected chi connectivity index (χ1v) is 8.30. The average molecular weight is 322 g/mol. The van der Waals surface area contributed by atoms with E-state index < -0.39 is 0 Å². The van der Waals surface area contributed by atoms with Gasteiger partial charge in [-0.05, 0) is 13.8 Å². The average Bonchev–Trinajstić information content (AvgIpc) is 3.11. The van der Waals surface area contributed by atoms with Gasteiger partial charge < -0.3 is 9.88 Å². The number of nitrogens with zero attached hydrogens (tertiary/aromatic N) is 4. The number of rotatable bonds is 7. The third-order valence-corrected chi connectivity index (χ3v) is 4.07. The van der Waals surface area contributed by atoms with Crippen molar-refractivity contribution in [1.29, 1.82) is 0 Å². The molecule has 8 heteroatoms. The Morgan fingerprint density at radius 2 is 2.23 bits per heavy atom. The van der Waals surface area contributed by atoms with E-state index in [9.17, 15) is 4.79 Å². The van der Waals surface area contributed by atoms with Gasteiger partial charge in [0.2, 0.25) is 11.1 Å². The molecule has 2 N–H and O–H groups in total. The summed E-state index contributed by atoms with van der Waals surface area (Å²) in [6.45, 7) is 8.46. The van der Waals surface area contributed by atoms with Gasteiger partial charge in [0.1, 0.15) is 17.7 Å². The second-order valence-electron chi connectivity index (χ2n) is 5.37. The topological polar surface area (TPSA) is 88.5 Å². The van der Waals surface area contributed by atoms with Gasteiger partial charge in [-0.3, -0.25) is 9.89 Å². The van der Waals surface area contributed by atoms with E-state index in [0.717, 1.165) is 17.4 Å². The number of hydrogen-bond acceptors (Lipinski definition) is 5. The largest absolute Gasteiger partial charge is 0.353 e. The maximum Gasteiger partial charge on any atom is 0.242 e. The van der Waals surface area contributed by atoms with Crippen molar-refractivity contribution in [3.63, 3.8) is 0 Å². The van der Waals surface area contributed by atoms with E-state index in [0.29, 0.717) is 11.7 Å². The Hall–Kier alpha value is -1.83. The van der Waals surface area contributed by atoms with Gasteiger partial charge in [-0.15, -0.1) is 5.10 Å². The van der Waals surface area contributed by atoms with Gasteiger partial charge in [-0.2, -0.15) is 0 Å². The molecule has 1 amide bonds. The number of H-pyrrole nitrogens is 1. The van der Waals surface area contributed by atoms with Crippen molar-refractivity contribution in [3.05, 3.63) is 24.0 Å². The number of amides is 1. The SMILES string of the molecule is Cc1nc(SCCNC(=O)C(C)n2ccnc2C(C)C)n[nH]1. The lowest BCUT2D eigenvalue weighted by Crippen LogP contribution is -2.33. The summed E-state index contributed by atoms with van der Waals surface area (Å²) in [6, 6.07) is -0.268. The molecule has 0 saturated carbocycles. The Balaban J connectivity index is 1.80. The fourth-order valence-corrected chi connectivity index (χ4v) is 2.77. The number of imidazole rings is 1. The second kappa shape index (κ2) is 7.44. The van der Waals surface area contributed by atoms with Gasteiger partial charge in [-0.25, -0.2) is 9.97 Å². The van der Waals surface area contributed by atoms with Crippen molar-refractivity contribution in [2.24, 2.45) is 0 Å². The first-order valence-electron chi connectivity index (χ1n) is 7.31. The fraction of sp³-hybridized carbons (Fsp3) is 0.571.